The summed E-state index contributed by atoms with van der Waals surface area (Å²) in [6.45, 7) is 8.33. The smallest absolute Gasteiger partial charge is 0.225 e. The molecule has 1 saturated heterocycles. The van der Waals surface area contributed by atoms with E-state index in [1.807, 2.05) is 43.1 Å². The largest absolute Gasteiger partial charge is 0.340 e. The maximum atomic E-state index is 12.0. The predicted molar refractivity (Wildman–Crippen MR) is 81.9 cm³/mol. The van der Waals surface area contributed by atoms with Gasteiger partial charge in [0.15, 0.2) is 0 Å². The second-order valence-electron chi connectivity index (χ2n) is 5.93. The van der Waals surface area contributed by atoms with Gasteiger partial charge in [-0.15, -0.1) is 0 Å². The van der Waals surface area contributed by atoms with Crippen LogP contribution in [0.5, 0.6) is 0 Å². The Morgan fingerprint density at radius 3 is 2.71 bits per heavy atom. The number of hydrogen-bond acceptors (Lipinski definition) is 3. The average Bonchev–Trinajstić information content (AvgIpc) is 2.91. The first-order valence-corrected chi connectivity index (χ1v) is 7.57. The van der Waals surface area contributed by atoms with Crippen molar-refractivity contribution in [2.45, 2.75) is 20.4 Å². The van der Waals surface area contributed by atoms with Crippen molar-refractivity contribution < 1.29 is 4.79 Å². The number of amides is 1. The number of rotatable bonds is 3. The van der Waals surface area contributed by atoms with E-state index in [2.05, 4.69) is 20.5 Å². The summed E-state index contributed by atoms with van der Waals surface area (Å²) in [7, 11) is 0. The molecule has 5 nitrogen and oxygen atoms in total. The van der Waals surface area contributed by atoms with E-state index in [-0.39, 0.29) is 11.8 Å². The third kappa shape index (κ3) is 2.93. The van der Waals surface area contributed by atoms with Crippen molar-refractivity contribution in [1.82, 2.24) is 19.2 Å². The van der Waals surface area contributed by atoms with Gasteiger partial charge in [-0.25, -0.2) is 4.98 Å². The van der Waals surface area contributed by atoms with Gasteiger partial charge in [0.05, 0.1) is 11.9 Å². The molecule has 0 spiro atoms. The van der Waals surface area contributed by atoms with Gasteiger partial charge < -0.3 is 9.30 Å². The van der Waals surface area contributed by atoms with Crippen LogP contribution in [0.3, 0.4) is 0 Å². The Balaban J connectivity index is 1.62. The van der Waals surface area contributed by atoms with Gasteiger partial charge in [-0.1, -0.05) is 19.9 Å². The van der Waals surface area contributed by atoms with Crippen molar-refractivity contribution in [1.29, 1.82) is 0 Å². The molecule has 0 unspecified atom stereocenters. The van der Waals surface area contributed by atoms with Gasteiger partial charge in [-0.05, 0) is 12.1 Å². The summed E-state index contributed by atoms with van der Waals surface area (Å²) in [5, 5.41) is 0. The first kappa shape index (κ1) is 14.1. The van der Waals surface area contributed by atoms with Crippen LogP contribution in [0, 0.1) is 5.92 Å². The minimum Gasteiger partial charge on any atom is -0.340 e. The molecule has 1 amide bonds. The van der Waals surface area contributed by atoms with E-state index in [9.17, 15) is 4.79 Å². The average molecular weight is 286 g/mol. The number of carbonyl (C=O) groups excluding carboxylic acids is 1. The second-order valence-corrected chi connectivity index (χ2v) is 5.93. The Bertz CT molecular complexity index is 626. The Morgan fingerprint density at radius 1 is 1.24 bits per heavy atom. The van der Waals surface area contributed by atoms with Crippen LogP contribution in [0.25, 0.3) is 5.65 Å². The normalized spacial score (nSPS) is 16.8. The molecule has 3 rings (SSSR count). The number of nitrogens with zero attached hydrogens (tertiary/aromatic N) is 4. The van der Waals surface area contributed by atoms with Gasteiger partial charge >= 0.3 is 0 Å². The van der Waals surface area contributed by atoms with Gasteiger partial charge in [0.2, 0.25) is 5.91 Å². The van der Waals surface area contributed by atoms with Crippen LogP contribution in [0.2, 0.25) is 0 Å². The predicted octanol–water partition coefficient (Wildman–Crippen LogP) is 1.63. The molecule has 21 heavy (non-hydrogen) atoms. The van der Waals surface area contributed by atoms with Crippen molar-refractivity contribution in [3.05, 3.63) is 36.3 Å². The number of fused-ring (bicyclic) bond motifs is 1. The quantitative estimate of drug-likeness (QED) is 0.861. The van der Waals surface area contributed by atoms with Crippen molar-refractivity contribution in [3.8, 4) is 0 Å². The molecule has 5 heteroatoms. The highest BCUT2D eigenvalue weighted by Gasteiger charge is 2.23. The van der Waals surface area contributed by atoms with Gasteiger partial charge in [0.25, 0.3) is 0 Å². The number of piperazine rings is 1. The van der Waals surface area contributed by atoms with Crippen LogP contribution in [-0.2, 0) is 11.3 Å². The first-order valence-electron chi connectivity index (χ1n) is 7.57. The summed E-state index contributed by atoms with van der Waals surface area (Å²) in [4.78, 5) is 20.8. The molecule has 0 aliphatic carbocycles. The molecule has 1 fully saturated rings. The van der Waals surface area contributed by atoms with Crippen molar-refractivity contribution in [2.24, 2.45) is 5.92 Å². The molecule has 0 atom stereocenters. The van der Waals surface area contributed by atoms with Crippen molar-refractivity contribution in [2.75, 3.05) is 26.2 Å². The zero-order chi connectivity index (χ0) is 14.8. The standard InChI is InChI=1S/C16H22N4O/c1-13(2)16(21)19-9-7-18(8-10-19)12-14-11-17-15-5-3-4-6-20(14)15/h3-6,11,13H,7-10,12H2,1-2H3. The lowest BCUT2D eigenvalue weighted by atomic mass is 10.1. The molecule has 1 aliphatic heterocycles. The summed E-state index contributed by atoms with van der Waals surface area (Å²) in [6, 6.07) is 6.04. The molecule has 2 aromatic heterocycles. The Labute approximate surface area is 125 Å². The fourth-order valence-electron chi connectivity index (χ4n) is 2.82. The molecular weight excluding hydrogens is 264 g/mol. The van der Waals surface area contributed by atoms with E-state index in [4.69, 9.17) is 0 Å². The van der Waals surface area contributed by atoms with Crippen LogP contribution >= 0.6 is 0 Å². The van der Waals surface area contributed by atoms with Gasteiger partial charge in [0, 0.05) is 44.8 Å². The van der Waals surface area contributed by atoms with Crippen molar-refractivity contribution >= 4 is 11.6 Å². The Hall–Kier alpha value is -1.88. The Kier molecular flexibility index (Phi) is 3.92. The zero-order valence-electron chi connectivity index (χ0n) is 12.7. The van der Waals surface area contributed by atoms with Gasteiger partial charge in [0.1, 0.15) is 5.65 Å². The fraction of sp³-hybridized carbons (Fsp3) is 0.500. The number of hydrogen-bond donors (Lipinski definition) is 0. The number of aromatic nitrogens is 2. The van der Waals surface area contributed by atoms with E-state index in [1.165, 1.54) is 5.69 Å². The fourth-order valence-corrected chi connectivity index (χ4v) is 2.82. The summed E-state index contributed by atoms with van der Waals surface area (Å²) < 4.78 is 2.13. The van der Waals surface area contributed by atoms with E-state index in [0.29, 0.717) is 0 Å². The lowest BCUT2D eigenvalue weighted by molar-refractivity contribution is -0.136. The molecule has 0 aromatic carbocycles. The maximum absolute atomic E-state index is 12.0. The zero-order valence-corrected chi connectivity index (χ0v) is 12.7. The molecule has 0 N–H and O–H groups in total. The highest BCUT2D eigenvalue weighted by Crippen LogP contribution is 2.12. The maximum Gasteiger partial charge on any atom is 0.225 e. The summed E-state index contributed by atoms with van der Waals surface area (Å²) in [6.07, 6.45) is 4.00. The van der Waals surface area contributed by atoms with Gasteiger partial charge in [-0.3, -0.25) is 9.69 Å². The van der Waals surface area contributed by atoms with E-state index >= 15 is 0 Å². The molecule has 0 saturated carbocycles. The highest BCUT2D eigenvalue weighted by atomic mass is 16.2. The second kappa shape index (κ2) is 5.85. The van der Waals surface area contributed by atoms with Crippen LogP contribution < -0.4 is 0 Å². The van der Waals surface area contributed by atoms with E-state index in [0.717, 1.165) is 38.4 Å². The Morgan fingerprint density at radius 2 is 2.00 bits per heavy atom. The van der Waals surface area contributed by atoms with E-state index in [1.54, 1.807) is 0 Å². The minimum absolute atomic E-state index is 0.0929. The van der Waals surface area contributed by atoms with Crippen molar-refractivity contribution in [3.63, 3.8) is 0 Å². The van der Waals surface area contributed by atoms with E-state index < -0.39 is 0 Å². The lowest BCUT2D eigenvalue weighted by Crippen LogP contribution is -2.49. The first-order chi connectivity index (χ1) is 10.1. The molecular formula is C16H22N4O. The van der Waals surface area contributed by atoms with Crippen LogP contribution in [0.15, 0.2) is 30.6 Å². The number of pyridine rings is 1. The van der Waals surface area contributed by atoms with Crippen LogP contribution in [-0.4, -0.2) is 51.3 Å². The minimum atomic E-state index is 0.0929. The number of imidazole rings is 1. The third-order valence-corrected chi connectivity index (χ3v) is 4.06. The monoisotopic (exact) mass is 286 g/mol. The number of carbonyl (C=O) groups is 1. The molecule has 0 bridgehead atoms. The molecule has 112 valence electrons. The highest BCUT2D eigenvalue weighted by molar-refractivity contribution is 5.78. The molecule has 1 aliphatic rings. The topological polar surface area (TPSA) is 40.9 Å². The molecule has 0 radical (unpaired) electrons. The molecule has 2 aromatic rings. The lowest BCUT2D eigenvalue weighted by Gasteiger charge is -2.35. The summed E-state index contributed by atoms with van der Waals surface area (Å²) in [5.74, 6) is 0.361. The summed E-state index contributed by atoms with van der Waals surface area (Å²) >= 11 is 0. The van der Waals surface area contributed by atoms with Crippen LogP contribution in [0.1, 0.15) is 19.5 Å². The SMILES string of the molecule is CC(C)C(=O)N1CCN(Cc2cnc3ccccn23)CC1. The third-order valence-electron chi connectivity index (χ3n) is 4.06. The summed E-state index contributed by atoms with van der Waals surface area (Å²) in [5.41, 5.74) is 2.19. The molecule has 3 heterocycles. The van der Waals surface area contributed by atoms with Gasteiger partial charge in [-0.2, -0.15) is 0 Å². The van der Waals surface area contributed by atoms with Crippen LogP contribution in [0.4, 0.5) is 0 Å².